The van der Waals surface area contributed by atoms with E-state index < -0.39 is 18.1 Å². The predicted octanol–water partition coefficient (Wildman–Crippen LogP) is -0.921. The van der Waals surface area contributed by atoms with Crippen molar-refractivity contribution in [2.24, 2.45) is 0 Å². The van der Waals surface area contributed by atoms with Gasteiger partial charge in [0.25, 0.3) is 0 Å². The van der Waals surface area contributed by atoms with E-state index in [4.69, 9.17) is 10.2 Å². The summed E-state index contributed by atoms with van der Waals surface area (Å²) in [6.07, 6.45) is 1.42. The molecule has 0 saturated heterocycles. The smallest absolute Gasteiger partial charge is 0.328 e. The van der Waals surface area contributed by atoms with Gasteiger partial charge in [0.05, 0.1) is 6.10 Å². The van der Waals surface area contributed by atoms with Gasteiger partial charge < -0.3 is 20.8 Å². The van der Waals surface area contributed by atoms with Gasteiger partial charge in [0.15, 0.2) is 6.04 Å². The molecule has 0 aromatic heterocycles. The number of aliphatic hydroxyl groups is 1. The summed E-state index contributed by atoms with van der Waals surface area (Å²) in [5.41, 5.74) is 0. The highest BCUT2D eigenvalue weighted by Gasteiger charge is 2.25. The summed E-state index contributed by atoms with van der Waals surface area (Å²) < 4.78 is 0. The van der Waals surface area contributed by atoms with Crippen LogP contribution in [0.15, 0.2) is 0 Å². The van der Waals surface area contributed by atoms with Gasteiger partial charge in [0.1, 0.15) is 0 Å². The van der Waals surface area contributed by atoms with Gasteiger partial charge in [0.2, 0.25) is 5.91 Å². The van der Waals surface area contributed by atoms with Crippen molar-refractivity contribution in [3.63, 3.8) is 0 Å². The normalized spacial score (nSPS) is 18.9. The number of carboxylic acid groups (broad SMARTS) is 1. The molecular weight excluding hydrogens is 212 g/mol. The van der Waals surface area contributed by atoms with E-state index >= 15 is 0 Å². The number of hydrogen-bond donors (Lipinski definition) is 4. The van der Waals surface area contributed by atoms with E-state index in [9.17, 15) is 9.59 Å². The van der Waals surface area contributed by atoms with E-state index in [2.05, 4.69) is 10.6 Å². The molecule has 0 aliphatic heterocycles. The van der Waals surface area contributed by atoms with Crippen molar-refractivity contribution in [1.29, 1.82) is 0 Å². The van der Waals surface area contributed by atoms with Gasteiger partial charge in [0, 0.05) is 19.0 Å². The number of carbonyl (C=O) groups is 2. The van der Waals surface area contributed by atoms with Gasteiger partial charge in [-0.05, 0) is 19.8 Å². The summed E-state index contributed by atoms with van der Waals surface area (Å²) in [7, 11) is 0. The second-order valence-electron chi connectivity index (χ2n) is 4.10. The highest BCUT2D eigenvalue weighted by molar-refractivity contribution is 5.84. The average molecular weight is 230 g/mol. The first-order valence-corrected chi connectivity index (χ1v) is 5.44. The van der Waals surface area contributed by atoms with Gasteiger partial charge in [-0.25, -0.2) is 4.79 Å². The molecule has 2 atom stereocenters. The fourth-order valence-corrected chi connectivity index (χ4v) is 1.31. The number of rotatable bonds is 7. The summed E-state index contributed by atoms with van der Waals surface area (Å²) in [6.45, 7) is 1.88. The summed E-state index contributed by atoms with van der Waals surface area (Å²) in [6, 6.07) is -0.701. The molecule has 0 spiro atoms. The summed E-state index contributed by atoms with van der Waals surface area (Å²) in [4.78, 5) is 22.0. The SMILES string of the molecule is CC(O)C(NC(=O)CCNC1CC1)C(=O)O. The van der Waals surface area contributed by atoms with E-state index in [0.29, 0.717) is 12.6 Å². The van der Waals surface area contributed by atoms with E-state index in [1.165, 1.54) is 6.92 Å². The van der Waals surface area contributed by atoms with Gasteiger partial charge >= 0.3 is 5.97 Å². The van der Waals surface area contributed by atoms with E-state index in [1.54, 1.807) is 0 Å². The topological polar surface area (TPSA) is 98.7 Å². The Hall–Kier alpha value is -1.14. The Labute approximate surface area is 94.0 Å². The molecule has 0 heterocycles. The molecule has 1 aliphatic carbocycles. The fraction of sp³-hybridized carbons (Fsp3) is 0.800. The maximum absolute atomic E-state index is 11.3. The molecule has 1 saturated carbocycles. The van der Waals surface area contributed by atoms with Crippen LogP contribution in [0.2, 0.25) is 0 Å². The van der Waals surface area contributed by atoms with Gasteiger partial charge in [-0.15, -0.1) is 0 Å². The molecule has 0 radical (unpaired) electrons. The molecule has 2 unspecified atom stereocenters. The highest BCUT2D eigenvalue weighted by atomic mass is 16.4. The Bertz CT molecular complexity index is 264. The number of nitrogens with one attached hydrogen (secondary N) is 2. The third-order valence-corrected chi connectivity index (χ3v) is 2.43. The molecule has 1 rings (SSSR count). The molecule has 0 bridgehead atoms. The van der Waals surface area contributed by atoms with Crippen LogP contribution in [0.5, 0.6) is 0 Å². The van der Waals surface area contributed by atoms with Crippen LogP contribution in [-0.4, -0.2) is 46.8 Å². The monoisotopic (exact) mass is 230 g/mol. The van der Waals surface area contributed by atoms with Crippen molar-refractivity contribution in [2.45, 2.75) is 44.4 Å². The lowest BCUT2D eigenvalue weighted by atomic mass is 10.2. The minimum atomic E-state index is -1.23. The number of hydrogen-bond acceptors (Lipinski definition) is 4. The van der Waals surface area contributed by atoms with Crippen molar-refractivity contribution in [2.75, 3.05) is 6.54 Å². The van der Waals surface area contributed by atoms with Crippen LogP contribution in [-0.2, 0) is 9.59 Å². The zero-order valence-electron chi connectivity index (χ0n) is 9.27. The van der Waals surface area contributed by atoms with Gasteiger partial charge in [-0.1, -0.05) is 0 Å². The third kappa shape index (κ3) is 4.59. The second-order valence-corrected chi connectivity index (χ2v) is 4.10. The quantitative estimate of drug-likeness (QED) is 0.453. The average Bonchev–Trinajstić information content (AvgIpc) is 2.97. The zero-order chi connectivity index (χ0) is 12.1. The molecule has 0 aromatic rings. The number of amides is 1. The summed E-state index contributed by atoms with van der Waals surface area (Å²) in [5.74, 6) is -1.58. The number of carbonyl (C=O) groups excluding carboxylic acids is 1. The molecule has 6 nitrogen and oxygen atoms in total. The number of aliphatic carboxylic acids is 1. The predicted molar refractivity (Wildman–Crippen MR) is 56.9 cm³/mol. The lowest BCUT2D eigenvalue weighted by molar-refractivity contribution is -0.144. The minimum Gasteiger partial charge on any atom is -0.480 e. The lowest BCUT2D eigenvalue weighted by Crippen LogP contribution is -2.48. The van der Waals surface area contributed by atoms with E-state index in [-0.39, 0.29) is 12.3 Å². The Balaban J connectivity index is 2.21. The van der Waals surface area contributed by atoms with Crippen molar-refractivity contribution < 1.29 is 19.8 Å². The first kappa shape index (κ1) is 12.9. The highest BCUT2D eigenvalue weighted by Crippen LogP contribution is 2.18. The maximum atomic E-state index is 11.3. The Morgan fingerprint density at radius 2 is 2.06 bits per heavy atom. The molecule has 1 fully saturated rings. The van der Waals surface area contributed by atoms with Crippen LogP contribution in [0, 0.1) is 0 Å². The summed E-state index contributed by atoms with van der Waals surface area (Å²) >= 11 is 0. The molecule has 1 amide bonds. The molecule has 4 N–H and O–H groups in total. The minimum absolute atomic E-state index is 0.229. The largest absolute Gasteiger partial charge is 0.480 e. The fourth-order valence-electron chi connectivity index (χ4n) is 1.31. The molecule has 92 valence electrons. The lowest BCUT2D eigenvalue weighted by Gasteiger charge is -2.16. The van der Waals surface area contributed by atoms with Gasteiger partial charge in [-0.3, -0.25) is 4.79 Å². The van der Waals surface area contributed by atoms with E-state index in [0.717, 1.165) is 12.8 Å². The molecular formula is C10H18N2O4. The van der Waals surface area contributed by atoms with Crippen LogP contribution in [0.4, 0.5) is 0 Å². The molecule has 6 heteroatoms. The van der Waals surface area contributed by atoms with Crippen LogP contribution < -0.4 is 10.6 Å². The zero-order valence-corrected chi connectivity index (χ0v) is 9.27. The number of aliphatic hydroxyl groups excluding tert-OH is 1. The standard InChI is InChI=1S/C10H18N2O4/c1-6(13)9(10(15)16)12-8(14)4-5-11-7-2-3-7/h6-7,9,11,13H,2-5H2,1H3,(H,12,14)(H,15,16). The second kappa shape index (κ2) is 5.81. The van der Waals surface area contributed by atoms with Crippen molar-refractivity contribution in [1.82, 2.24) is 10.6 Å². The van der Waals surface area contributed by atoms with Crippen LogP contribution >= 0.6 is 0 Å². The molecule has 0 aromatic carbocycles. The number of carboxylic acids is 1. The maximum Gasteiger partial charge on any atom is 0.328 e. The Kier molecular flexibility index (Phi) is 4.70. The van der Waals surface area contributed by atoms with Crippen LogP contribution in [0.3, 0.4) is 0 Å². The van der Waals surface area contributed by atoms with Crippen molar-refractivity contribution in [3.05, 3.63) is 0 Å². The summed E-state index contributed by atoms with van der Waals surface area (Å²) in [5, 5.41) is 23.3. The first-order chi connectivity index (χ1) is 7.50. The Morgan fingerprint density at radius 3 is 2.50 bits per heavy atom. The first-order valence-electron chi connectivity index (χ1n) is 5.44. The van der Waals surface area contributed by atoms with Crippen LogP contribution in [0.1, 0.15) is 26.2 Å². The third-order valence-electron chi connectivity index (χ3n) is 2.43. The van der Waals surface area contributed by atoms with E-state index in [1.807, 2.05) is 0 Å². The molecule has 16 heavy (non-hydrogen) atoms. The Morgan fingerprint density at radius 1 is 1.44 bits per heavy atom. The van der Waals surface area contributed by atoms with Gasteiger partial charge in [-0.2, -0.15) is 0 Å². The van der Waals surface area contributed by atoms with Crippen molar-refractivity contribution >= 4 is 11.9 Å². The van der Waals surface area contributed by atoms with Crippen LogP contribution in [0.25, 0.3) is 0 Å². The molecule has 1 aliphatic rings. The van der Waals surface area contributed by atoms with Crippen molar-refractivity contribution in [3.8, 4) is 0 Å².